The van der Waals surface area contributed by atoms with E-state index in [1.807, 2.05) is 30.3 Å². The van der Waals surface area contributed by atoms with Crippen LogP contribution in [0.3, 0.4) is 0 Å². The van der Waals surface area contributed by atoms with Crippen molar-refractivity contribution in [2.24, 2.45) is 0 Å². The van der Waals surface area contributed by atoms with Crippen molar-refractivity contribution in [1.29, 1.82) is 0 Å². The predicted molar refractivity (Wildman–Crippen MR) is 113 cm³/mol. The molecule has 0 spiro atoms. The topological polar surface area (TPSA) is 73.2 Å². The second kappa shape index (κ2) is 9.25. The molecule has 0 radical (unpaired) electrons. The summed E-state index contributed by atoms with van der Waals surface area (Å²) in [6.45, 7) is 3.10. The van der Waals surface area contributed by atoms with Crippen LogP contribution in [0.1, 0.15) is 19.4 Å². The number of alkyl halides is 3. The summed E-state index contributed by atoms with van der Waals surface area (Å²) in [5.74, 6) is -0.438. The van der Waals surface area contributed by atoms with Gasteiger partial charge in [0.25, 0.3) is 5.56 Å². The first-order chi connectivity index (χ1) is 15.1. The van der Waals surface area contributed by atoms with E-state index >= 15 is 0 Å². The monoisotopic (exact) mass is 445 g/mol. The molecule has 0 bridgehead atoms. The fourth-order valence-electron chi connectivity index (χ4n) is 2.98. The maximum Gasteiger partial charge on any atom is 0.416 e. The summed E-state index contributed by atoms with van der Waals surface area (Å²) < 4.78 is 44.8. The van der Waals surface area contributed by atoms with Crippen LogP contribution < -0.4 is 15.6 Å². The number of carbonyl (C=O) groups is 1. The number of amides is 1. The number of aromatic nitrogens is 2. The number of hydrogen-bond donors (Lipinski definition) is 1. The van der Waals surface area contributed by atoms with Gasteiger partial charge in [0.15, 0.2) is 0 Å². The largest absolute Gasteiger partial charge is 0.492 e. The highest BCUT2D eigenvalue weighted by Crippen LogP contribution is 2.31. The molecular formula is C23H22F3N3O3. The van der Waals surface area contributed by atoms with Crippen molar-refractivity contribution in [2.45, 2.75) is 25.6 Å². The lowest BCUT2D eigenvalue weighted by Crippen LogP contribution is -2.50. The Morgan fingerprint density at radius 1 is 1.03 bits per heavy atom. The van der Waals surface area contributed by atoms with Crippen LogP contribution in [-0.2, 0) is 16.5 Å². The van der Waals surface area contributed by atoms with Crippen molar-refractivity contribution < 1.29 is 22.7 Å². The van der Waals surface area contributed by atoms with Crippen LogP contribution in [0.25, 0.3) is 11.3 Å². The second-order valence-corrected chi connectivity index (χ2v) is 7.52. The van der Waals surface area contributed by atoms with Gasteiger partial charge in [-0.3, -0.25) is 9.59 Å². The van der Waals surface area contributed by atoms with Crippen LogP contribution >= 0.6 is 0 Å². The maximum atomic E-state index is 12.8. The first kappa shape index (κ1) is 23.1. The number of rotatable bonds is 7. The Labute approximate surface area is 182 Å². The smallest absolute Gasteiger partial charge is 0.416 e. The number of halogens is 3. The van der Waals surface area contributed by atoms with Crippen LogP contribution in [0.15, 0.2) is 71.5 Å². The van der Waals surface area contributed by atoms with Gasteiger partial charge in [-0.2, -0.15) is 18.3 Å². The highest BCUT2D eigenvalue weighted by Gasteiger charge is 2.32. The van der Waals surface area contributed by atoms with Crippen LogP contribution in [0.5, 0.6) is 5.75 Å². The molecule has 2 aromatic carbocycles. The Balaban J connectivity index is 1.65. The lowest BCUT2D eigenvalue weighted by Gasteiger charge is -2.25. The van der Waals surface area contributed by atoms with E-state index in [-0.39, 0.29) is 18.9 Å². The number of hydrogen-bond acceptors (Lipinski definition) is 4. The van der Waals surface area contributed by atoms with Crippen molar-refractivity contribution in [3.63, 3.8) is 0 Å². The lowest BCUT2D eigenvalue weighted by molar-refractivity contribution is -0.137. The summed E-state index contributed by atoms with van der Waals surface area (Å²) >= 11 is 0. The highest BCUT2D eigenvalue weighted by atomic mass is 19.4. The minimum Gasteiger partial charge on any atom is -0.492 e. The van der Waals surface area contributed by atoms with Gasteiger partial charge in [-0.1, -0.05) is 36.4 Å². The zero-order chi connectivity index (χ0) is 23.4. The van der Waals surface area contributed by atoms with Crippen LogP contribution in [0, 0.1) is 0 Å². The molecule has 0 aliphatic rings. The minimum absolute atomic E-state index is 0.0334. The SMILES string of the molecule is CC(C)(C(=O)NCCOc1cccc(C(F)(F)F)c1)n1nc(-c2ccccc2)ccc1=O. The van der Waals surface area contributed by atoms with E-state index < -0.39 is 28.7 Å². The van der Waals surface area contributed by atoms with Crippen LogP contribution in [-0.4, -0.2) is 28.8 Å². The Hall–Kier alpha value is -3.62. The van der Waals surface area contributed by atoms with Gasteiger partial charge in [-0.15, -0.1) is 0 Å². The maximum absolute atomic E-state index is 12.8. The molecule has 9 heteroatoms. The number of ether oxygens (including phenoxy) is 1. The molecule has 0 fully saturated rings. The van der Waals surface area contributed by atoms with Crippen molar-refractivity contribution in [1.82, 2.24) is 15.1 Å². The van der Waals surface area contributed by atoms with E-state index in [1.54, 1.807) is 19.9 Å². The summed E-state index contributed by atoms with van der Waals surface area (Å²) in [5.41, 5.74) is -1.22. The number of benzene rings is 2. The summed E-state index contributed by atoms with van der Waals surface area (Å²) in [4.78, 5) is 25.1. The van der Waals surface area contributed by atoms with Gasteiger partial charge in [0, 0.05) is 11.6 Å². The quantitative estimate of drug-likeness (QED) is 0.561. The fraction of sp³-hybridized carbons (Fsp3) is 0.261. The van der Waals surface area contributed by atoms with Gasteiger partial charge >= 0.3 is 6.18 Å². The Bertz CT molecular complexity index is 1140. The molecule has 0 unspecified atom stereocenters. The van der Waals surface area contributed by atoms with Gasteiger partial charge in [0.1, 0.15) is 17.9 Å². The molecule has 1 amide bonds. The molecule has 3 aromatic rings. The Morgan fingerprint density at radius 3 is 2.44 bits per heavy atom. The molecule has 6 nitrogen and oxygen atoms in total. The number of nitrogens with one attached hydrogen (secondary N) is 1. The molecule has 0 atom stereocenters. The van der Waals surface area contributed by atoms with E-state index in [2.05, 4.69) is 10.4 Å². The minimum atomic E-state index is -4.47. The van der Waals surface area contributed by atoms with E-state index in [1.165, 1.54) is 18.2 Å². The number of carbonyl (C=O) groups excluding carboxylic acids is 1. The summed E-state index contributed by atoms with van der Waals surface area (Å²) in [6, 6.07) is 16.7. The van der Waals surface area contributed by atoms with Gasteiger partial charge in [0.2, 0.25) is 5.91 Å². The summed E-state index contributed by atoms with van der Waals surface area (Å²) in [5, 5.41) is 6.99. The zero-order valence-electron chi connectivity index (χ0n) is 17.5. The van der Waals surface area contributed by atoms with Crippen molar-refractivity contribution in [2.75, 3.05) is 13.2 Å². The third-order valence-corrected chi connectivity index (χ3v) is 4.77. The average molecular weight is 445 g/mol. The molecule has 0 saturated carbocycles. The molecule has 1 heterocycles. The molecule has 1 N–H and O–H groups in total. The average Bonchev–Trinajstić information content (AvgIpc) is 2.77. The van der Waals surface area contributed by atoms with Crippen LogP contribution in [0.2, 0.25) is 0 Å². The zero-order valence-corrected chi connectivity index (χ0v) is 17.5. The van der Waals surface area contributed by atoms with Gasteiger partial charge in [0.05, 0.1) is 17.8 Å². The lowest BCUT2D eigenvalue weighted by atomic mass is 10.0. The molecule has 0 saturated heterocycles. The van der Waals surface area contributed by atoms with Crippen LogP contribution in [0.4, 0.5) is 13.2 Å². The van der Waals surface area contributed by atoms with E-state index in [9.17, 15) is 22.8 Å². The second-order valence-electron chi connectivity index (χ2n) is 7.52. The van der Waals surface area contributed by atoms with Crippen molar-refractivity contribution >= 4 is 5.91 Å². The standard InChI is InChI=1S/C23H22F3N3O3/c1-22(2,29-20(30)12-11-19(28-29)16-7-4-3-5-8-16)21(31)27-13-14-32-18-10-6-9-17(15-18)23(24,25)26/h3-12,15H,13-14H2,1-2H3,(H,27,31). The Kier molecular flexibility index (Phi) is 6.67. The van der Waals surface area contributed by atoms with E-state index in [0.29, 0.717) is 5.69 Å². The van der Waals surface area contributed by atoms with E-state index in [0.717, 1.165) is 22.4 Å². The van der Waals surface area contributed by atoms with Crippen molar-refractivity contribution in [3.05, 3.63) is 82.6 Å². The molecule has 32 heavy (non-hydrogen) atoms. The molecule has 3 rings (SSSR count). The normalized spacial score (nSPS) is 11.8. The summed E-state index contributed by atoms with van der Waals surface area (Å²) in [7, 11) is 0. The van der Waals surface area contributed by atoms with E-state index in [4.69, 9.17) is 4.74 Å². The molecular weight excluding hydrogens is 423 g/mol. The first-order valence-electron chi connectivity index (χ1n) is 9.84. The number of nitrogens with zero attached hydrogens (tertiary/aromatic N) is 2. The molecule has 0 aliphatic carbocycles. The highest BCUT2D eigenvalue weighted by molar-refractivity contribution is 5.83. The van der Waals surface area contributed by atoms with Gasteiger partial charge < -0.3 is 10.1 Å². The summed E-state index contributed by atoms with van der Waals surface area (Å²) in [6.07, 6.45) is -4.47. The predicted octanol–water partition coefficient (Wildman–Crippen LogP) is 3.86. The third kappa shape index (κ3) is 5.35. The molecule has 0 aliphatic heterocycles. The van der Waals surface area contributed by atoms with Crippen molar-refractivity contribution in [3.8, 4) is 17.0 Å². The third-order valence-electron chi connectivity index (χ3n) is 4.77. The van der Waals surface area contributed by atoms with Gasteiger partial charge in [-0.25, -0.2) is 4.68 Å². The first-order valence-corrected chi connectivity index (χ1v) is 9.84. The fourth-order valence-corrected chi connectivity index (χ4v) is 2.98. The molecule has 168 valence electrons. The Morgan fingerprint density at radius 2 is 1.75 bits per heavy atom. The molecule has 1 aromatic heterocycles. The van der Waals surface area contributed by atoms with Gasteiger partial charge in [-0.05, 0) is 38.1 Å².